The number of hydrogen-bond acceptors (Lipinski definition) is 5. The lowest BCUT2D eigenvalue weighted by atomic mass is 10.2. The summed E-state index contributed by atoms with van der Waals surface area (Å²) in [5, 5.41) is 3.30. The number of aromatic nitrogens is 3. The van der Waals surface area contributed by atoms with Crippen LogP contribution < -0.4 is 19.7 Å². The molecular formula is C15H18FN6+. The lowest BCUT2D eigenvalue weighted by molar-refractivity contribution is -0.619. The van der Waals surface area contributed by atoms with Gasteiger partial charge >= 0.3 is 6.08 Å². The number of anilines is 3. The Morgan fingerprint density at radius 2 is 2.23 bits per heavy atom. The summed E-state index contributed by atoms with van der Waals surface area (Å²) in [5.74, 6) is 1.44. The van der Waals surface area contributed by atoms with E-state index in [1.165, 1.54) is 4.57 Å². The van der Waals surface area contributed by atoms with Gasteiger partial charge in [-0.15, -0.1) is 4.39 Å². The molecule has 22 heavy (non-hydrogen) atoms. The number of pyridine rings is 1. The van der Waals surface area contributed by atoms with Gasteiger partial charge in [0.1, 0.15) is 17.9 Å². The van der Waals surface area contributed by atoms with Crippen LogP contribution in [0.3, 0.4) is 0 Å². The summed E-state index contributed by atoms with van der Waals surface area (Å²) >= 11 is 0. The minimum absolute atomic E-state index is 0.260. The van der Waals surface area contributed by atoms with Crippen molar-refractivity contribution in [3.63, 3.8) is 0 Å². The maximum atomic E-state index is 14.7. The lowest BCUT2D eigenvalue weighted by Crippen LogP contribution is -2.45. The van der Waals surface area contributed by atoms with Crippen LogP contribution in [0.25, 0.3) is 5.69 Å². The summed E-state index contributed by atoms with van der Waals surface area (Å²) in [7, 11) is 2.00. The van der Waals surface area contributed by atoms with Gasteiger partial charge in [0.25, 0.3) is 5.82 Å². The van der Waals surface area contributed by atoms with Gasteiger partial charge in [0, 0.05) is 19.3 Å². The van der Waals surface area contributed by atoms with Crippen LogP contribution >= 0.6 is 0 Å². The Kier molecular flexibility index (Phi) is 2.72. The molecule has 0 fully saturated rings. The van der Waals surface area contributed by atoms with Crippen LogP contribution in [0.5, 0.6) is 0 Å². The van der Waals surface area contributed by atoms with Gasteiger partial charge in [0.2, 0.25) is 5.82 Å². The first-order valence-electron chi connectivity index (χ1n) is 7.39. The Hall–Kier alpha value is -2.44. The topological polar surface area (TPSA) is 48.2 Å². The highest BCUT2D eigenvalue weighted by molar-refractivity contribution is 5.81. The zero-order valence-corrected chi connectivity index (χ0v) is 12.8. The molecule has 2 aliphatic heterocycles. The van der Waals surface area contributed by atoms with Crippen LogP contribution in [0.2, 0.25) is 0 Å². The SMILES string of the molecule is CC(C)N1CN(C)c2c1nc(F)[n+]1c2NCc2ncccc2-1. The maximum absolute atomic E-state index is 14.7. The van der Waals surface area contributed by atoms with E-state index in [0.717, 1.165) is 22.9 Å². The summed E-state index contributed by atoms with van der Waals surface area (Å²) in [4.78, 5) is 12.7. The molecule has 2 aromatic heterocycles. The van der Waals surface area contributed by atoms with Gasteiger partial charge in [0.15, 0.2) is 5.69 Å². The summed E-state index contributed by atoms with van der Waals surface area (Å²) in [6.07, 6.45) is 1.20. The van der Waals surface area contributed by atoms with E-state index in [4.69, 9.17) is 0 Å². The zero-order valence-electron chi connectivity index (χ0n) is 12.8. The van der Waals surface area contributed by atoms with Gasteiger partial charge in [-0.25, -0.2) is 0 Å². The highest BCUT2D eigenvalue weighted by Crippen LogP contribution is 2.40. The standard InChI is InChI=1S/C15H17FN6/c1-9(2)21-8-20(3)12-13-18-7-10-11(5-4-6-17-10)22(13)15(16)19-14(12)21/h4-6,9H,7-8H2,1-3H3/p+1. The summed E-state index contributed by atoms with van der Waals surface area (Å²) in [5.41, 5.74) is 2.51. The van der Waals surface area contributed by atoms with E-state index in [2.05, 4.69) is 38.9 Å². The number of fused-ring (bicyclic) bond motifs is 5. The van der Waals surface area contributed by atoms with Crippen LogP contribution in [0.15, 0.2) is 18.3 Å². The minimum Gasteiger partial charge on any atom is -0.347 e. The molecule has 1 N–H and O–H groups in total. The van der Waals surface area contributed by atoms with E-state index in [-0.39, 0.29) is 6.04 Å². The maximum Gasteiger partial charge on any atom is 0.430 e. The van der Waals surface area contributed by atoms with E-state index < -0.39 is 6.08 Å². The third-order valence-electron chi connectivity index (χ3n) is 4.21. The molecule has 0 radical (unpaired) electrons. The Labute approximate surface area is 128 Å². The molecule has 4 rings (SSSR count). The molecule has 0 aliphatic carbocycles. The second kappa shape index (κ2) is 4.53. The van der Waals surface area contributed by atoms with Crippen molar-refractivity contribution in [1.29, 1.82) is 0 Å². The molecule has 0 spiro atoms. The predicted octanol–water partition coefficient (Wildman–Crippen LogP) is 1.44. The van der Waals surface area contributed by atoms with E-state index in [1.54, 1.807) is 6.20 Å². The number of nitrogens with zero attached hydrogens (tertiary/aromatic N) is 5. The highest BCUT2D eigenvalue weighted by Gasteiger charge is 2.40. The second-order valence-corrected chi connectivity index (χ2v) is 5.96. The summed E-state index contributed by atoms with van der Waals surface area (Å²) in [6.45, 7) is 5.46. The van der Waals surface area contributed by atoms with Crippen molar-refractivity contribution < 1.29 is 8.96 Å². The normalized spacial score (nSPS) is 15.5. The van der Waals surface area contributed by atoms with E-state index >= 15 is 0 Å². The van der Waals surface area contributed by atoms with Crippen molar-refractivity contribution in [1.82, 2.24) is 9.97 Å². The van der Waals surface area contributed by atoms with E-state index in [1.807, 2.05) is 19.2 Å². The number of halogens is 1. The molecule has 2 aliphatic rings. The van der Waals surface area contributed by atoms with Gasteiger partial charge in [0.05, 0.1) is 6.67 Å². The van der Waals surface area contributed by atoms with Crippen molar-refractivity contribution >= 4 is 17.3 Å². The van der Waals surface area contributed by atoms with Crippen molar-refractivity contribution in [3.8, 4) is 5.69 Å². The average Bonchev–Trinajstić information content (AvgIpc) is 2.84. The molecule has 7 heteroatoms. The van der Waals surface area contributed by atoms with Crippen LogP contribution in [0, 0.1) is 6.08 Å². The third-order valence-corrected chi connectivity index (χ3v) is 4.21. The largest absolute Gasteiger partial charge is 0.430 e. The van der Waals surface area contributed by atoms with E-state index in [9.17, 15) is 4.39 Å². The van der Waals surface area contributed by atoms with Gasteiger partial charge in [-0.05, 0) is 26.0 Å². The van der Waals surface area contributed by atoms with Crippen molar-refractivity contribution in [2.75, 3.05) is 28.8 Å². The fourth-order valence-corrected chi connectivity index (χ4v) is 3.14. The minimum atomic E-state index is -0.517. The van der Waals surface area contributed by atoms with Crippen LogP contribution in [-0.4, -0.2) is 29.7 Å². The first-order valence-corrected chi connectivity index (χ1v) is 7.39. The molecule has 0 amide bonds. The van der Waals surface area contributed by atoms with Gasteiger partial charge in [-0.3, -0.25) is 10.3 Å². The van der Waals surface area contributed by atoms with Crippen LogP contribution in [0.1, 0.15) is 19.5 Å². The molecule has 0 unspecified atom stereocenters. The Morgan fingerprint density at radius 3 is 3.00 bits per heavy atom. The Balaban J connectivity index is 1.98. The van der Waals surface area contributed by atoms with Crippen molar-refractivity contribution in [2.24, 2.45) is 0 Å². The molecule has 0 aromatic carbocycles. The molecule has 114 valence electrons. The van der Waals surface area contributed by atoms with Crippen molar-refractivity contribution in [3.05, 3.63) is 30.1 Å². The molecule has 2 aromatic rings. The number of hydrogen-bond donors (Lipinski definition) is 1. The summed E-state index contributed by atoms with van der Waals surface area (Å²) in [6, 6.07) is 3.95. The number of nitrogens with one attached hydrogen (secondary N) is 1. The molecule has 0 saturated carbocycles. The van der Waals surface area contributed by atoms with Gasteiger partial charge in [-0.1, -0.05) is 4.98 Å². The Bertz CT molecular complexity index is 760. The third kappa shape index (κ3) is 1.68. The monoisotopic (exact) mass is 301 g/mol. The highest BCUT2D eigenvalue weighted by atomic mass is 19.1. The quantitative estimate of drug-likeness (QED) is 0.638. The predicted molar refractivity (Wildman–Crippen MR) is 81.7 cm³/mol. The number of rotatable bonds is 1. The average molecular weight is 301 g/mol. The fourth-order valence-electron chi connectivity index (χ4n) is 3.14. The van der Waals surface area contributed by atoms with Crippen LogP contribution in [0.4, 0.5) is 21.7 Å². The molecule has 0 saturated heterocycles. The molecule has 0 atom stereocenters. The molecular weight excluding hydrogens is 283 g/mol. The Morgan fingerprint density at radius 1 is 1.41 bits per heavy atom. The smallest absolute Gasteiger partial charge is 0.347 e. The zero-order chi connectivity index (χ0) is 15.4. The summed E-state index contributed by atoms with van der Waals surface area (Å²) < 4.78 is 16.2. The molecule has 6 nitrogen and oxygen atoms in total. The van der Waals surface area contributed by atoms with Crippen molar-refractivity contribution in [2.45, 2.75) is 26.4 Å². The first-order chi connectivity index (χ1) is 10.6. The van der Waals surface area contributed by atoms with Crippen LogP contribution in [-0.2, 0) is 6.54 Å². The fraction of sp³-hybridized carbons (Fsp3) is 0.400. The molecule has 4 heterocycles. The van der Waals surface area contributed by atoms with Gasteiger partial charge in [-0.2, -0.15) is 4.57 Å². The second-order valence-electron chi connectivity index (χ2n) is 5.96. The first kappa shape index (κ1) is 13.2. The van der Waals surface area contributed by atoms with E-state index in [0.29, 0.717) is 19.0 Å². The molecule has 0 bridgehead atoms. The van der Waals surface area contributed by atoms with Gasteiger partial charge < -0.3 is 9.80 Å². The lowest BCUT2D eigenvalue weighted by Gasteiger charge is -2.21.